The lowest BCUT2D eigenvalue weighted by Crippen LogP contribution is -2.41. The number of hydrogen-bond donors (Lipinski definition) is 2. The fourth-order valence-electron chi connectivity index (χ4n) is 3.18. The Kier molecular flexibility index (Phi) is 4.10. The van der Waals surface area contributed by atoms with Gasteiger partial charge in [-0.25, -0.2) is 4.98 Å². The molecule has 1 saturated carbocycles. The number of rotatable bonds is 5. The molecule has 2 aliphatic heterocycles. The van der Waals surface area contributed by atoms with Gasteiger partial charge in [-0.15, -0.1) is 0 Å². The van der Waals surface area contributed by atoms with E-state index in [1.165, 1.54) is 12.8 Å². The second kappa shape index (κ2) is 6.39. The summed E-state index contributed by atoms with van der Waals surface area (Å²) in [5.74, 6) is 1.11. The van der Waals surface area contributed by atoms with Crippen LogP contribution in [0.2, 0.25) is 0 Å². The van der Waals surface area contributed by atoms with Gasteiger partial charge in [0.25, 0.3) is 5.91 Å². The Bertz CT molecular complexity index is 653. The molecule has 0 spiro atoms. The molecule has 2 fully saturated rings. The van der Waals surface area contributed by atoms with Crippen LogP contribution in [0.5, 0.6) is 0 Å². The number of pyridine rings is 1. The van der Waals surface area contributed by atoms with Gasteiger partial charge in [0.1, 0.15) is 5.82 Å². The Balaban J connectivity index is 1.49. The van der Waals surface area contributed by atoms with Crippen LogP contribution in [0.25, 0.3) is 0 Å². The summed E-state index contributed by atoms with van der Waals surface area (Å²) in [6, 6.07) is 1.76. The molecule has 7 nitrogen and oxygen atoms in total. The van der Waals surface area contributed by atoms with Crippen LogP contribution in [-0.2, 0) is 9.53 Å². The summed E-state index contributed by atoms with van der Waals surface area (Å²) in [5, 5.41) is 5.92. The molecule has 7 heteroatoms. The molecule has 1 aromatic rings. The summed E-state index contributed by atoms with van der Waals surface area (Å²) >= 11 is 0. The van der Waals surface area contributed by atoms with Crippen molar-refractivity contribution < 1.29 is 14.3 Å². The highest BCUT2D eigenvalue weighted by Crippen LogP contribution is 2.35. The maximum absolute atomic E-state index is 12.4. The molecular weight excluding hydrogens is 308 g/mol. The van der Waals surface area contributed by atoms with Gasteiger partial charge in [0, 0.05) is 25.9 Å². The van der Waals surface area contributed by atoms with Crippen LogP contribution < -0.4 is 15.5 Å². The van der Waals surface area contributed by atoms with Crippen LogP contribution in [-0.4, -0.2) is 49.1 Å². The van der Waals surface area contributed by atoms with Crippen LogP contribution >= 0.6 is 0 Å². The van der Waals surface area contributed by atoms with E-state index in [-0.39, 0.29) is 24.5 Å². The minimum atomic E-state index is -0.176. The normalized spacial score (nSPS) is 22.9. The van der Waals surface area contributed by atoms with E-state index < -0.39 is 0 Å². The zero-order valence-electron chi connectivity index (χ0n) is 13.6. The Hall–Kier alpha value is -2.15. The molecule has 4 rings (SSSR count). The number of fused-ring (bicyclic) bond motifs is 1. The average Bonchev–Trinajstić information content (AvgIpc) is 3.26. The Morgan fingerprint density at radius 3 is 3.04 bits per heavy atom. The van der Waals surface area contributed by atoms with Crippen molar-refractivity contribution in [3.05, 3.63) is 17.8 Å². The third kappa shape index (κ3) is 3.21. The maximum Gasteiger partial charge on any atom is 0.253 e. The van der Waals surface area contributed by atoms with Crippen LogP contribution in [0.15, 0.2) is 12.3 Å². The van der Waals surface area contributed by atoms with Crippen LogP contribution in [0, 0.1) is 5.92 Å². The van der Waals surface area contributed by atoms with Crippen molar-refractivity contribution in [3.8, 4) is 0 Å². The number of nitrogens with zero attached hydrogens (tertiary/aromatic N) is 2. The summed E-state index contributed by atoms with van der Waals surface area (Å²) in [7, 11) is 0. The monoisotopic (exact) mass is 330 g/mol. The number of hydrogen-bond acceptors (Lipinski definition) is 5. The third-order valence-electron chi connectivity index (χ3n) is 4.78. The smallest absolute Gasteiger partial charge is 0.253 e. The summed E-state index contributed by atoms with van der Waals surface area (Å²) in [4.78, 5) is 30.7. The van der Waals surface area contributed by atoms with Crippen LogP contribution in [0.3, 0.4) is 0 Å². The van der Waals surface area contributed by atoms with Crippen molar-refractivity contribution in [3.63, 3.8) is 0 Å². The van der Waals surface area contributed by atoms with Crippen molar-refractivity contribution in [2.75, 3.05) is 36.5 Å². The number of amides is 2. The zero-order chi connectivity index (χ0) is 16.5. The highest BCUT2D eigenvalue weighted by molar-refractivity contribution is 6.04. The number of ether oxygens (including phenoxy) is 1. The first-order valence-corrected chi connectivity index (χ1v) is 8.65. The Morgan fingerprint density at radius 1 is 1.42 bits per heavy atom. The van der Waals surface area contributed by atoms with Gasteiger partial charge in [-0.2, -0.15) is 0 Å². The molecule has 1 saturated heterocycles. The standard InChI is InChI=1S/C17H22N4O3/c22-15-9-19-16-14(21(15)10-11-3-4-11)6-12(7-18-16)17(23)20-8-13-2-1-5-24-13/h6-7,11,13H,1-5,8-10H2,(H,18,19)(H,20,23). The molecule has 0 bridgehead atoms. The first kappa shape index (κ1) is 15.4. The molecule has 1 unspecified atom stereocenters. The molecule has 1 aromatic heterocycles. The lowest BCUT2D eigenvalue weighted by molar-refractivity contribution is -0.117. The quantitative estimate of drug-likeness (QED) is 0.846. The van der Waals surface area contributed by atoms with E-state index in [1.807, 2.05) is 0 Å². The van der Waals surface area contributed by atoms with Crippen molar-refractivity contribution in [1.29, 1.82) is 0 Å². The Morgan fingerprint density at radius 2 is 2.29 bits per heavy atom. The van der Waals surface area contributed by atoms with Gasteiger partial charge in [-0.1, -0.05) is 0 Å². The first-order valence-electron chi connectivity index (χ1n) is 8.65. The van der Waals surface area contributed by atoms with Gasteiger partial charge in [0.2, 0.25) is 5.91 Å². The topological polar surface area (TPSA) is 83.6 Å². The molecule has 128 valence electrons. The van der Waals surface area contributed by atoms with Crippen molar-refractivity contribution in [2.45, 2.75) is 31.8 Å². The van der Waals surface area contributed by atoms with Gasteiger partial charge in [-0.3, -0.25) is 9.59 Å². The van der Waals surface area contributed by atoms with Gasteiger partial charge in [0.05, 0.1) is 23.9 Å². The van der Waals surface area contributed by atoms with Gasteiger partial charge in [-0.05, 0) is 37.7 Å². The number of carbonyl (C=O) groups excluding carboxylic acids is 2. The highest BCUT2D eigenvalue weighted by atomic mass is 16.5. The molecule has 2 amide bonds. The predicted molar refractivity (Wildman–Crippen MR) is 89.1 cm³/mol. The van der Waals surface area contributed by atoms with E-state index in [0.29, 0.717) is 29.5 Å². The van der Waals surface area contributed by atoms with Gasteiger partial charge < -0.3 is 20.3 Å². The van der Waals surface area contributed by atoms with Crippen LogP contribution in [0.4, 0.5) is 11.5 Å². The number of anilines is 2. The summed E-state index contributed by atoms with van der Waals surface area (Å²) in [6.07, 6.45) is 6.03. The predicted octanol–water partition coefficient (Wildman–Crippen LogP) is 1.16. The van der Waals surface area contributed by atoms with E-state index in [2.05, 4.69) is 15.6 Å². The maximum atomic E-state index is 12.4. The lowest BCUT2D eigenvalue weighted by Gasteiger charge is -2.29. The van der Waals surface area contributed by atoms with Crippen molar-refractivity contribution in [2.24, 2.45) is 5.92 Å². The fraction of sp³-hybridized carbons (Fsp3) is 0.588. The van der Waals surface area contributed by atoms with E-state index in [9.17, 15) is 9.59 Å². The SMILES string of the molecule is O=C(NCC1CCCO1)c1cnc2c(c1)N(CC1CC1)C(=O)CN2. The molecule has 3 aliphatic rings. The Labute approximate surface area is 140 Å². The van der Waals surface area contributed by atoms with Crippen molar-refractivity contribution in [1.82, 2.24) is 10.3 Å². The molecule has 1 atom stereocenters. The van der Waals surface area contributed by atoms with Crippen LogP contribution in [0.1, 0.15) is 36.0 Å². The summed E-state index contributed by atoms with van der Waals surface area (Å²) in [6.45, 7) is 2.26. The second-order valence-corrected chi connectivity index (χ2v) is 6.74. The van der Waals surface area contributed by atoms with Gasteiger partial charge in [0.15, 0.2) is 0 Å². The third-order valence-corrected chi connectivity index (χ3v) is 4.78. The zero-order valence-corrected chi connectivity index (χ0v) is 13.6. The second-order valence-electron chi connectivity index (χ2n) is 6.74. The molecule has 24 heavy (non-hydrogen) atoms. The minimum Gasteiger partial charge on any atom is -0.376 e. The molecule has 2 N–H and O–H groups in total. The van der Waals surface area contributed by atoms with Gasteiger partial charge >= 0.3 is 0 Å². The minimum absolute atomic E-state index is 0.0353. The molecule has 1 aliphatic carbocycles. The molecule has 0 aromatic carbocycles. The van der Waals surface area contributed by atoms with E-state index >= 15 is 0 Å². The fourth-order valence-corrected chi connectivity index (χ4v) is 3.18. The first-order chi connectivity index (χ1) is 11.7. The summed E-state index contributed by atoms with van der Waals surface area (Å²) in [5.41, 5.74) is 1.19. The van der Waals surface area contributed by atoms with Crippen molar-refractivity contribution >= 4 is 23.3 Å². The highest BCUT2D eigenvalue weighted by Gasteiger charge is 2.32. The number of carbonyl (C=O) groups is 2. The number of aromatic nitrogens is 1. The molecule has 0 radical (unpaired) electrons. The van der Waals surface area contributed by atoms with E-state index in [0.717, 1.165) is 26.0 Å². The average molecular weight is 330 g/mol. The number of nitrogens with one attached hydrogen (secondary N) is 2. The summed E-state index contributed by atoms with van der Waals surface area (Å²) < 4.78 is 5.52. The molecule has 3 heterocycles. The largest absolute Gasteiger partial charge is 0.376 e. The van der Waals surface area contributed by atoms with E-state index in [1.54, 1.807) is 17.2 Å². The lowest BCUT2D eigenvalue weighted by atomic mass is 10.1. The van der Waals surface area contributed by atoms with E-state index in [4.69, 9.17) is 4.74 Å². The molecular formula is C17H22N4O3.